The Labute approximate surface area is 535 Å². The summed E-state index contributed by atoms with van der Waals surface area (Å²) in [6.45, 7) is 8.54. The smallest absolute Gasteiger partial charge is 0.166 e. The molecule has 0 radical (unpaired) electrons. The summed E-state index contributed by atoms with van der Waals surface area (Å²) in [5.74, 6) is 1.68. The molecule has 16 rings (SSSR count). The van der Waals surface area contributed by atoms with Gasteiger partial charge in [-0.2, -0.15) is 5.26 Å². The highest BCUT2D eigenvalue weighted by Gasteiger charge is 2.25. The van der Waals surface area contributed by atoms with Crippen LogP contribution in [-0.2, 0) is 0 Å². The predicted molar refractivity (Wildman–Crippen MR) is 381 cm³/mol. The molecule has 0 aliphatic carbocycles. The number of hydrogen-bond donors (Lipinski definition) is 0. The van der Waals surface area contributed by atoms with Gasteiger partial charge in [0.15, 0.2) is 17.5 Å². The van der Waals surface area contributed by atoms with E-state index in [-0.39, 0.29) is 0 Å². The van der Waals surface area contributed by atoms with E-state index in [9.17, 15) is 5.26 Å². The molecular weight excluding hydrogens is 1120 g/mol. The third-order valence-electron chi connectivity index (χ3n) is 18.1. The van der Waals surface area contributed by atoms with Crippen molar-refractivity contribution in [2.45, 2.75) is 27.7 Å². The van der Waals surface area contributed by atoms with E-state index in [0.717, 1.165) is 127 Å². The first-order valence-corrected chi connectivity index (χ1v) is 31.3. The molecule has 3 heterocycles. The molecule has 0 N–H and O–H groups in total. The van der Waals surface area contributed by atoms with Gasteiger partial charge in [-0.15, -0.1) is 0 Å². The molecule has 0 atom stereocenters. The number of nitriles is 1. The fourth-order valence-corrected chi connectivity index (χ4v) is 13.2. The van der Waals surface area contributed by atoms with Gasteiger partial charge in [0, 0.05) is 43.8 Å². The van der Waals surface area contributed by atoms with Gasteiger partial charge in [-0.3, -0.25) is 0 Å². The molecule has 92 heavy (non-hydrogen) atoms. The maximum Gasteiger partial charge on any atom is 0.166 e. The summed E-state index contributed by atoms with van der Waals surface area (Å²) in [7, 11) is 0. The lowest BCUT2D eigenvalue weighted by atomic mass is 9.94. The van der Waals surface area contributed by atoms with Crippen LogP contribution in [0.15, 0.2) is 291 Å². The van der Waals surface area contributed by atoms with E-state index in [1.54, 1.807) is 0 Å². The number of rotatable bonds is 11. The van der Waals surface area contributed by atoms with Crippen LogP contribution >= 0.6 is 0 Å². The lowest BCUT2D eigenvalue weighted by molar-refractivity contribution is 1.06. The van der Waals surface area contributed by atoms with Gasteiger partial charge in [-0.05, 0) is 174 Å². The van der Waals surface area contributed by atoms with Crippen LogP contribution in [0.3, 0.4) is 0 Å². The van der Waals surface area contributed by atoms with Gasteiger partial charge in [-0.1, -0.05) is 229 Å². The number of nitrogens with zero attached hydrogens (tertiary/aromatic N) is 6. The molecule has 434 valence electrons. The van der Waals surface area contributed by atoms with E-state index >= 15 is 0 Å². The quantitative estimate of drug-likeness (QED) is 0.129. The molecule has 3 aromatic heterocycles. The Balaban J connectivity index is 0.990. The molecule has 13 aromatic carbocycles. The molecule has 0 bridgehead atoms. The van der Waals surface area contributed by atoms with Gasteiger partial charge >= 0.3 is 0 Å². The summed E-state index contributed by atoms with van der Waals surface area (Å²) in [6, 6.07) is 107. The predicted octanol–water partition coefficient (Wildman–Crippen LogP) is 22.2. The van der Waals surface area contributed by atoms with Crippen molar-refractivity contribution in [3.8, 4) is 118 Å². The van der Waals surface area contributed by atoms with E-state index in [0.29, 0.717) is 23.0 Å². The fourth-order valence-electron chi connectivity index (χ4n) is 13.2. The van der Waals surface area contributed by atoms with Crippen molar-refractivity contribution in [3.63, 3.8) is 0 Å². The Morgan fingerprint density at radius 2 is 0.533 bits per heavy atom. The van der Waals surface area contributed by atoms with Crippen LogP contribution in [0.5, 0.6) is 0 Å². The van der Waals surface area contributed by atoms with Crippen molar-refractivity contribution in [2.75, 3.05) is 0 Å². The molecule has 6 nitrogen and oxygen atoms in total. The highest BCUT2D eigenvalue weighted by atomic mass is 15.1. The number of benzene rings is 13. The number of aryl methyl sites for hydroxylation is 4. The topological polar surface area (TPSA) is 72.3 Å². The highest BCUT2D eigenvalue weighted by molar-refractivity contribution is 6.14. The molecule has 0 aliphatic heterocycles. The summed E-state index contributed by atoms with van der Waals surface area (Å²) in [6.07, 6.45) is 0. The summed E-state index contributed by atoms with van der Waals surface area (Å²) in [5, 5.41) is 14.5. The molecule has 0 saturated carbocycles. The zero-order chi connectivity index (χ0) is 62.0. The Morgan fingerprint density at radius 3 is 0.891 bits per heavy atom. The molecular formula is C86H60N6. The van der Waals surface area contributed by atoms with Gasteiger partial charge < -0.3 is 9.13 Å². The average Bonchev–Trinajstić information content (AvgIpc) is 1.73. The Kier molecular flexibility index (Phi) is 13.7. The van der Waals surface area contributed by atoms with E-state index < -0.39 is 0 Å². The first-order valence-electron chi connectivity index (χ1n) is 31.3. The summed E-state index contributed by atoms with van der Waals surface area (Å²) < 4.78 is 4.86. The number of aromatic nitrogens is 5. The van der Waals surface area contributed by atoms with Crippen molar-refractivity contribution in [1.82, 2.24) is 24.1 Å². The Bertz CT molecular complexity index is 5300. The van der Waals surface area contributed by atoms with Crippen molar-refractivity contribution in [1.29, 1.82) is 5.26 Å². The molecule has 0 unspecified atom stereocenters. The van der Waals surface area contributed by atoms with E-state index in [2.05, 4.69) is 273 Å². The Hall–Kier alpha value is -12.0. The monoisotopic (exact) mass is 1180 g/mol. The van der Waals surface area contributed by atoms with Crippen LogP contribution in [-0.4, -0.2) is 24.1 Å². The third kappa shape index (κ3) is 10.1. The van der Waals surface area contributed by atoms with Gasteiger partial charge in [0.1, 0.15) is 0 Å². The van der Waals surface area contributed by atoms with Gasteiger partial charge in [0.25, 0.3) is 0 Å². The normalized spacial score (nSPS) is 11.5. The third-order valence-corrected chi connectivity index (χ3v) is 18.1. The lowest BCUT2D eigenvalue weighted by Crippen LogP contribution is -2.04. The molecule has 0 saturated heterocycles. The largest absolute Gasteiger partial charge is 0.309 e. The molecule has 16 aromatic rings. The van der Waals surface area contributed by atoms with Crippen molar-refractivity contribution >= 4 is 43.6 Å². The van der Waals surface area contributed by atoms with E-state index in [4.69, 9.17) is 15.0 Å². The van der Waals surface area contributed by atoms with Gasteiger partial charge in [0.05, 0.1) is 45.1 Å². The van der Waals surface area contributed by atoms with Crippen molar-refractivity contribution in [2.24, 2.45) is 0 Å². The SMILES string of the molecule is Cc1ccc(-c2ccc3c(c2)c2cc(-c4ccc(C)cc4)ccc2n3-c2ccc(-c3ccc(C#N)cc3)cc2-c2ccc(-n3c4ccc(-c5ccc(C)cc5)cc4c4cc(-c5ccc(C)cc5)ccc43)c(-c3nc(-c4ccccc4)nc(-c4ccccc4)n3)c2)cc1. The van der Waals surface area contributed by atoms with Crippen LogP contribution in [0, 0.1) is 39.0 Å². The van der Waals surface area contributed by atoms with Crippen LogP contribution in [0.2, 0.25) is 0 Å². The summed E-state index contributed by atoms with van der Waals surface area (Å²) in [5.41, 5.74) is 27.5. The second kappa shape index (κ2) is 22.8. The zero-order valence-corrected chi connectivity index (χ0v) is 51.4. The maximum atomic E-state index is 9.95. The average molecular weight is 1180 g/mol. The molecule has 0 fully saturated rings. The zero-order valence-electron chi connectivity index (χ0n) is 51.4. The highest BCUT2D eigenvalue weighted by Crippen LogP contribution is 2.45. The standard InChI is InChI=1S/C86H60N6/c1-54-15-25-59(26-16-54)67-36-42-79-73(48-67)74-49-68(60-27-17-55(2)18-28-60)37-43-80(74)91(79)78-41-35-66(63-33-23-58(53-87)24-34-63)47-72(78)71-40-46-83(77(52-71)86-89-84(64-11-7-5-8-12-64)88-85(90-86)65-13-9-6-10-14-65)92-81-44-38-69(61-29-19-56(3)20-30-61)50-75(81)76-51-70(39-45-82(76)92)62-31-21-57(4)22-32-62/h5-52H,1-4H3. The van der Waals surface area contributed by atoms with Gasteiger partial charge in [0.2, 0.25) is 0 Å². The first kappa shape index (κ1) is 55.3. The molecule has 0 aliphatic rings. The minimum absolute atomic E-state index is 0.533. The summed E-state index contributed by atoms with van der Waals surface area (Å²) in [4.78, 5) is 16.3. The second-order valence-corrected chi connectivity index (χ2v) is 24.3. The minimum Gasteiger partial charge on any atom is -0.309 e. The summed E-state index contributed by atoms with van der Waals surface area (Å²) >= 11 is 0. The lowest BCUT2D eigenvalue weighted by Gasteiger charge is -2.19. The van der Waals surface area contributed by atoms with Crippen molar-refractivity contribution < 1.29 is 0 Å². The number of fused-ring (bicyclic) bond motifs is 6. The fraction of sp³-hybridized carbons (Fsp3) is 0.0465. The first-order chi connectivity index (χ1) is 45.1. The van der Waals surface area contributed by atoms with Crippen LogP contribution in [0.1, 0.15) is 27.8 Å². The van der Waals surface area contributed by atoms with Crippen molar-refractivity contribution in [3.05, 3.63) is 319 Å². The van der Waals surface area contributed by atoms with E-state index in [1.165, 1.54) is 33.4 Å². The van der Waals surface area contributed by atoms with Crippen LogP contribution in [0.4, 0.5) is 0 Å². The minimum atomic E-state index is 0.533. The second-order valence-electron chi connectivity index (χ2n) is 24.3. The molecule has 0 spiro atoms. The molecule has 0 amide bonds. The van der Waals surface area contributed by atoms with Gasteiger partial charge in [-0.25, -0.2) is 15.0 Å². The van der Waals surface area contributed by atoms with Crippen LogP contribution < -0.4 is 0 Å². The molecule has 6 heteroatoms. The maximum absolute atomic E-state index is 9.95. The number of hydrogen-bond acceptors (Lipinski definition) is 4. The Morgan fingerprint density at radius 1 is 0.250 bits per heavy atom. The van der Waals surface area contributed by atoms with E-state index in [1.807, 2.05) is 60.7 Å². The van der Waals surface area contributed by atoms with Crippen LogP contribution in [0.25, 0.3) is 156 Å².